The molecule has 172 valence electrons. The molecule has 0 aliphatic carbocycles. The van der Waals surface area contributed by atoms with Crippen LogP contribution in [-0.4, -0.2) is 85.1 Å². The molecule has 1 unspecified atom stereocenters. The summed E-state index contributed by atoms with van der Waals surface area (Å²) in [5.41, 5.74) is 1.18. The third-order valence-electron chi connectivity index (χ3n) is 6.47. The molecular formula is C23H35ClN4O3. The summed E-state index contributed by atoms with van der Waals surface area (Å²) in [6.45, 7) is 9.03. The number of imide groups is 1. The maximum Gasteiger partial charge on any atom is 0.327 e. The fraction of sp³-hybridized carbons (Fsp3) is 0.652. The number of piperazine rings is 1. The SMILES string of the molecule is CCCCOc1ccccc1N1CCN(CCCN2C(=O)C3CCCN3C2=O)CC1.Cl. The first-order chi connectivity index (χ1) is 14.7. The molecule has 0 radical (unpaired) electrons. The molecule has 0 N–H and O–H groups in total. The average Bonchev–Trinajstić information content (AvgIpc) is 3.34. The zero-order chi connectivity index (χ0) is 20.9. The van der Waals surface area contributed by atoms with Gasteiger partial charge in [0, 0.05) is 39.3 Å². The van der Waals surface area contributed by atoms with E-state index in [1.807, 2.05) is 6.07 Å². The lowest BCUT2D eigenvalue weighted by Crippen LogP contribution is -2.47. The van der Waals surface area contributed by atoms with Gasteiger partial charge in [-0.15, -0.1) is 12.4 Å². The van der Waals surface area contributed by atoms with Gasteiger partial charge in [0.2, 0.25) is 0 Å². The highest BCUT2D eigenvalue weighted by Gasteiger charge is 2.46. The van der Waals surface area contributed by atoms with E-state index in [0.29, 0.717) is 6.54 Å². The molecule has 0 spiro atoms. The van der Waals surface area contributed by atoms with Crippen molar-refractivity contribution in [3.8, 4) is 5.75 Å². The number of para-hydroxylation sites is 2. The molecule has 3 amide bonds. The lowest BCUT2D eigenvalue weighted by atomic mass is 10.2. The van der Waals surface area contributed by atoms with E-state index in [4.69, 9.17) is 4.74 Å². The number of ether oxygens (including phenoxy) is 1. The topological polar surface area (TPSA) is 56.3 Å². The lowest BCUT2D eigenvalue weighted by Gasteiger charge is -2.36. The Morgan fingerprint density at radius 3 is 2.52 bits per heavy atom. The standard InChI is InChI=1S/C23H34N4O3.ClH/c1-2-3-18-30-21-10-5-4-8-19(21)25-16-14-24(15-17-25)11-7-13-27-22(28)20-9-6-12-26(20)23(27)29;/h4-5,8,10,20H,2-3,6-7,9,11-18H2,1H3;1H. The Morgan fingerprint density at radius 2 is 1.77 bits per heavy atom. The second kappa shape index (κ2) is 11.0. The number of amides is 3. The average molecular weight is 451 g/mol. The van der Waals surface area contributed by atoms with Gasteiger partial charge in [-0.3, -0.25) is 14.6 Å². The maximum absolute atomic E-state index is 12.4. The van der Waals surface area contributed by atoms with Gasteiger partial charge in [-0.1, -0.05) is 25.5 Å². The lowest BCUT2D eigenvalue weighted by molar-refractivity contribution is -0.128. The summed E-state index contributed by atoms with van der Waals surface area (Å²) in [5.74, 6) is 0.994. The number of carbonyl (C=O) groups is 2. The molecule has 0 aromatic heterocycles. The third-order valence-corrected chi connectivity index (χ3v) is 6.47. The van der Waals surface area contributed by atoms with Crippen LogP contribution in [0.15, 0.2) is 24.3 Å². The molecule has 31 heavy (non-hydrogen) atoms. The molecule has 8 heteroatoms. The second-order valence-electron chi connectivity index (χ2n) is 8.48. The van der Waals surface area contributed by atoms with Crippen LogP contribution in [0, 0.1) is 0 Å². The maximum atomic E-state index is 12.4. The van der Waals surface area contributed by atoms with Crippen LogP contribution in [0.5, 0.6) is 5.75 Å². The number of anilines is 1. The molecule has 1 aromatic carbocycles. The summed E-state index contributed by atoms with van der Waals surface area (Å²) in [5, 5.41) is 0. The summed E-state index contributed by atoms with van der Waals surface area (Å²) < 4.78 is 6.00. The molecule has 3 aliphatic heterocycles. The number of hydrogen-bond acceptors (Lipinski definition) is 5. The Morgan fingerprint density at radius 1 is 1.00 bits per heavy atom. The minimum Gasteiger partial charge on any atom is -0.491 e. The van der Waals surface area contributed by atoms with E-state index in [0.717, 1.165) is 83.7 Å². The number of fused-ring (bicyclic) bond motifs is 1. The van der Waals surface area contributed by atoms with Gasteiger partial charge in [-0.2, -0.15) is 0 Å². The van der Waals surface area contributed by atoms with Gasteiger partial charge >= 0.3 is 6.03 Å². The second-order valence-corrected chi connectivity index (χ2v) is 8.48. The zero-order valence-electron chi connectivity index (χ0n) is 18.5. The number of nitrogens with zero attached hydrogens (tertiary/aromatic N) is 4. The Hall–Kier alpha value is -1.99. The van der Waals surface area contributed by atoms with Crippen LogP contribution in [0.4, 0.5) is 10.5 Å². The number of benzene rings is 1. The number of rotatable bonds is 9. The fourth-order valence-electron chi connectivity index (χ4n) is 4.72. The number of halogens is 1. The van der Waals surface area contributed by atoms with Crippen molar-refractivity contribution in [3.63, 3.8) is 0 Å². The van der Waals surface area contributed by atoms with E-state index >= 15 is 0 Å². The number of urea groups is 1. The first-order valence-corrected chi connectivity index (χ1v) is 11.5. The summed E-state index contributed by atoms with van der Waals surface area (Å²) >= 11 is 0. The molecule has 3 aliphatic rings. The number of unbranched alkanes of at least 4 members (excludes halogenated alkanes) is 1. The van der Waals surface area contributed by atoms with E-state index in [1.165, 1.54) is 10.6 Å². The van der Waals surface area contributed by atoms with Crippen molar-refractivity contribution in [1.29, 1.82) is 0 Å². The van der Waals surface area contributed by atoms with E-state index in [1.54, 1.807) is 4.90 Å². The molecule has 0 saturated carbocycles. The van der Waals surface area contributed by atoms with Crippen LogP contribution in [0.3, 0.4) is 0 Å². The predicted molar refractivity (Wildman–Crippen MR) is 124 cm³/mol. The van der Waals surface area contributed by atoms with Gasteiger partial charge in [0.05, 0.1) is 12.3 Å². The minimum atomic E-state index is -0.180. The van der Waals surface area contributed by atoms with Crippen molar-refractivity contribution >= 4 is 30.0 Å². The smallest absolute Gasteiger partial charge is 0.327 e. The molecule has 4 rings (SSSR count). The van der Waals surface area contributed by atoms with Crippen molar-refractivity contribution in [3.05, 3.63) is 24.3 Å². The van der Waals surface area contributed by atoms with Gasteiger partial charge in [-0.05, 0) is 44.4 Å². The highest BCUT2D eigenvalue weighted by molar-refractivity contribution is 6.04. The Kier molecular flexibility index (Phi) is 8.43. The van der Waals surface area contributed by atoms with Crippen LogP contribution >= 0.6 is 12.4 Å². The Balaban J connectivity index is 0.00000272. The van der Waals surface area contributed by atoms with E-state index < -0.39 is 0 Å². The van der Waals surface area contributed by atoms with Gasteiger partial charge in [0.1, 0.15) is 11.8 Å². The largest absolute Gasteiger partial charge is 0.491 e. The van der Waals surface area contributed by atoms with E-state index in [9.17, 15) is 9.59 Å². The quantitative estimate of drug-likeness (QED) is 0.427. The summed E-state index contributed by atoms with van der Waals surface area (Å²) in [6.07, 6.45) is 4.82. The summed E-state index contributed by atoms with van der Waals surface area (Å²) in [4.78, 5) is 32.9. The first kappa shape index (κ1) is 23.7. The van der Waals surface area contributed by atoms with Crippen LogP contribution in [0.25, 0.3) is 0 Å². The van der Waals surface area contributed by atoms with E-state index in [2.05, 4.69) is 34.9 Å². The van der Waals surface area contributed by atoms with Gasteiger partial charge in [0.25, 0.3) is 5.91 Å². The van der Waals surface area contributed by atoms with Crippen LogP contribution < -0.4 is 9.64 Å². The van der Waals surface area contributed by atoms with Crippen molar-refractivity contribution in [2.45, 2.75) is 45.1 Å². The fourth-order valence-corrected chi connectivity index (χ4v) is 4.72. The van der Waals surface area contributed by atoms with Crippen LogP contribution in [0.2, 0.25) is 0 Å². The summed E-state index contributed by atoms with van der Waals surface area (Å²) in [7, 11) is 0. The third kappa shape index (κ3) is 5.26. The Bertz CT molecular complexity index is 732. The molecule has 0 bridgehead atoms. The Labute approximate surface area is 191 Å². The number of hydrogen-bond donors (Lipinski definition) is 0. The first-order valence-electron chi connectivity index (χ1n) is 11.5. The van der Waals surface area contributed by atoms with Crippen LogP contribution in [0.1, 0.15) is 39.0 Å². The molecule has 3 heterocycles. The minimum absolute atomic E-state index is 0. The normalized spacial score (nSPS) is 21.5. The van der Waals surface area contributed by atoms with Gasteiger partial charge in [0.15, 0.2) is 0 Å². The molecule has 1 atom stereocenters. The molecule has 3 fully saturated rings. The molecular weight excluding hydrogens is 416 g/mol. The van der Waals surface area contributed by atoms with Crippen molar-refractivity contribution in [2.24, 2.45) is 0 Å². The molecule has 1 aromatic rings. The van der Waals surface area contributed by atoms with Gasteiger partial charge < -0.3 is 14.5 Å². The highest BCUT2D eigenvalue weighted by Crippen LogP contribution is 2.29. The molecule has 7 nitrogen and oxygen atoms in total. The van der Waals surface area contributed by atoms with Crippen molar-refractivity contribution < 1.29 is 14.3 Å². The zero-order valence-corrected chi connectivity index (χ0v) is 19.3. The van der Waals surface area contributed by atoms with Crippen molar-refractivity contribution in [2.75, 3.05) is 57.3 Å². The highest BCUT2D eigenvalue weighted by atomic mass is 35.5. The molecule has 3 saturated heterocycles. The van der Waals surface area contributed by atoms with Gasteiger partial charge in [-0.25, -0.2) is 4.79 Å². The number of carbonyl (C=O) groups excluding carboxylic acids is 2. The van der Waals surface area contributed by atoms with Crippen LogP contribution in [-0.2, 0) is 4.79 Å². The summed E-state index contributed by atoms with van der Waals surface area (Å²) in [6, 6.07) is 8.06. The predicted octanol–water partition coefficient (Wildman–Crippen LogP) is 3.23. The monoisotopic (exact) mass is 450 g/mol. The van der Waals surface area contributed by atoms with E-state index in [-0.39, 0.29) is 30.4 Å². The van der Waals surface area contributed by atoms with Crippen molar-refractivity contribution in [1.82, 2.24) is 14.7 Å².